The molecule has 2 nitrogen and oxygen atoms in total. The Kier molecular flexibility index (Phi) is 7.13. The SMILES string of the molecule is CCCOc1ccc(OCC2CCC(CCC)CC2)c(F)c1F. The molecule has 0 amide bonds. The highest BCUT2D eigenvalue weighted by atomic mass is 19.2. The van der Waals surface area contributed by atoms with E-state index in [9.17, 15) is 8.78 Å². The second-order valence-corrected chi connectivity index (χ2v) is 6.52. The highest BCUT2D eigenvalue weighted by Gasteiger charge is 2.22. The van der Waals surface area contributed by atoms with Crippen LogP contribution in [0.15, 0.2) is 12.1 Å². The Bertz CT molecular complexity index is 483. The monoisotopic (exact) mass is 326 g/mol. The van der Waals surface area contributed by atoms with E-state index in [1.807, 2.05) is 6.92 Å². The lowest BCUT2D eigenvalue weighted by Crippen LogP contribution is -2.20. The molecule has 0 radical (unpaired) electrons. The molecule has 4 heteroatoms. The highest BCUT2D eigenvalue weighted by Crippen LogP contribution is 2.33. The van der Waals surface area contributed by atoms with Crippen LogP contribution in [0, 0.1) is 23.5 Å². The van der Waals surface area contributed by atoms with E-state index in [0.717, 1.165) is 25.2 Å². The molecule has 0 heterocycles. The first-order chi connectivity index (χ1) is 11.2. The summed E-state index contributed by atoms with van der Waals surface area (Å²) in [5, 5.41) is 0. The predicted octanol–water partition coefficient (Wildman–Crippen LogP) is 5.74. The molecule has 0 aliphatic heterocycles. The Labute approximate surface area is 138 Å². The summed E-state index contributed by atoms with van der Waals surface area (Å²) in [6, 6.07) is 2.91. The molecule has 23 heavy (non-hydrogen) atoms. The van der Waals surface area contributed by atoms with Gasteiger partial charge in [0, 0.05) is 0 Å². The van der Waals surface area contributed by atoms with E-state index >= 15 is 0 Å². The van der Waals surface area contributed by atoms with Gasteiger partial charge in [-0.2, -0.15) is 8.78 Å². The summed E-state index contributed by atoms with van der Waals surface area (Å²) in [6.07, 6.45) is 7.97. The molecule has 2 rings (SSSR count). The van der Waals surface area contributed by atoms with E-state index in [4.69, 9.17) is 9.47 Å². The summed E-state index contributed by atoms with van der Waals surface area (Å²) >= 11 is 0. The van der Waals surface area contributed by atoms with Crippen LogP contribution in [0.25, 0.3) is 0 Å². The van der Waals surface area contributed by atoms with Crippen molar-refractivity contribution in [1.29, 1.82) is 0 Å². The lowest BCUT2D eigenvalue weighted by atomic mass is 9.80. The topological polar surface area (TPSA) is 18.5 Å². The molecule has 0 unspecified atom stereocenters. The molecule has 0 bridgehead atoms. The van der Waals surface area contributed by atoms with Gasteiger partial charge >= 0.3 is 0 Å². The molecular weight excluding hydrogens is 298 g/mol. The minimum Gasteiger partial charge on any atom is -0.490 e. The van der Waals surface area contributed by atoms with Gasteiger partial charge in [-0.1, -0.05) is 39.5 Å². The third-order valence-electron chi connectivity index (χ3n) is 4.61. The molecule has 0 aromatic heterocycles. The van der Waals surface area contributed by atoms with Crippen LogP contribution in [0.5, 0.6) is 11.5 Å². The van der Waals surface area contributed by atoms with Gasteiger partial charge in [0.2, 0.25) is 11.6 Å². The van der Waals surface area contributed by atoms with E-state index in [2.05, 4.69) is 6.92 Å². The minimum absolute atomic E-state index is 0.0120. The van der Waals surface area contributed by atoms with Crippen LogP contribution in [0.4, 0.5) is 8.78 Å². The van der Waals surface area contributed by atoms with Gasteiger partial charge in [0.15, 0.2) is 11.5 Å². The normalized spacial score (nSPS) is 21.2. The summed E-state index contributed by atoms with van der Waals surface area (Å²) in [5.41, 5.74) is 0. The van der Waals surface area contributed by atoms with Crippen LogP contribution in [0.2, 0.25) is 0 Å². The fourth-order valence-corrected chi connectivity index (χ4v) is 3.25. The van der Waals surface area contributed by atoms with Crippen molar-refractivity contribution in [2.75, 3.05) is 13.2 Å². The molecule has 1 aliphatic carbocycles. The molecule has 0 N–H and O–H groups in total. The van der Waals surface area contributed by atoms with Crippen molar-refractivity contribution in [3.05, 3.63) is 23.8 Å². The van der Waals surface area contributed by atoms with Gasteiger partial charge in [0.05, 0.1) is 13.2 Å². The first-order valence-electron chi connectivity index (χ1n) is 8.89. The van der Waals surface area contributed by atoms with E-state index < -0.39 is 11.6 Å². The maximum Gasteiger partial charge on any atom is 0.204 e. The molecule has 130 valence electrons. The van der Waals surface area contributed by atoms with Crippen molar-refractivity contribution < 1.29 is 18.3 Å². The zero-order valence-electron chi connectivity index (χ0n) is 14.2. The lowest BCUT2D eigenvalue weighted by molar-refractivity contribution is 0.172. The molecule has 1 aromatic carbocycles. The maximum atomic E-state index is 14.0. The summed E-state index contributed by atoms with van der Waals surface area (Å²) in [7, 11) is 0. The maximum absolute atomic E-state index is 14.0. The van der Waals surface area contributed by atoms with E-state index in [1.54, 1.807) is 0 Å². The van der Waals surface area contributed by atoms with E-state index in [0.29, 0.717) is 19.1 Å². The fraction of sp³-hybridized carbons (Fsp3) is 0.684. The van der Waals surface area contributed by atoms with Crippen LogP contribution in [0.3, 0.4) is 0 Å². The molecule has 0 spiro atoms. The average Bonchev–Trinajstić information content (AvgIpc) is 2.57. The fourth-order valence-electron chi connectivity index (χ4n) is 3.25. The van der Waals surface area contributed by atoms with Crippen LogP contribution >= 0.6 is 0 Å². The van der Waals surface area contributed by atoms with Gasteiger partial charge in [0.25, 0.3) is 0 Å². The lowest BCUT2D eigenvalue weighted by Gasteiger charge is -2.28. The second-order valence-electron chi connectivity index (χ2n) is 6.52. The molecular formula is C19H28F2O2. The number of ether oxygens (including phenoxy) is 2. The predicted molar refractivity (Wildman–Crippen MR) is 88.0 cm³/mol. The van der Waals surface area contributed by atoms with Gasteiger partial charge in [0.1, 0.15) is 0 Å². The Morgan fingerprint density at radius 3 is 2.00 bits per heavy atom. The Morgan fingerprint density at radius 2 is 1.43 bits per heavy atom. The quantitative estimate of drug-likeness (QED) is 0.606. The zero-order chi connectivity index (χ0) is 16.7. The van der Waals surface area contributed by atoms with Gasteiger partial charge in [-0.3, -0.25) is 0 Å². The van der Waals surface area contributed by atoms with Gasteiger partial charge < -0.3 is 9.47 Å². The van der Waals surface area contributed by atoms with Crippen LogP contribution in [0.1, 0.15) is 58.8 Å². The van der Waals surface area contributed by atoms with Crippen molar-refractivity contribution in [2.45, 2.75) is 58.8 Å². The van der Waals surface area contributed by atoms with Crippen molar-refractivity contribution in [1.82, 2.24) is 0 Å². The molecule has 1 aromatic rings. The summed E-state index contributed by atoms with van der Waals surface area (Å²) in [4.78, 5) is 0. The summed E-state index contributed by atoms with van der Waals surface area (Å²) in [5.74, 6) is -0.679. The Balaban J connectivity index is 1.85. The first kappa shape index (κ1) is 18.0. The van der Waals surface area contributed by atoms with Gasteiger partial charge in [-0.15, -0.1) is 0 Å². The number of halogens is 2. The van der Waals surface area contributed by atoms with E-state index in [-0.39, 0.29) is 11.5 Å². The largest absolute Gasteiger partial charge is 0.490 e. The molecule has 0 saturated heterocycles. The van der Waals surface area contributed by atoms with Crippen LogP contribution in [-0.4, -0.2) is 13.2 Å². The first-order valence-corrected chi connectivity index (χ1v) is 8.89. The minimum atomic E-state index is -0.956. The zero-order valence-corrected chi connectivity index (χ0v) is 14.2. The molecule has 0 atom stereocenters. The van der Waals surface area contributed by atoms with Crippen molar-refractivity contribution in [3.8, 4) is 11.5 Å². The van der Waals surface area contributed by atoms with Crippen LogP contribution < -0.4 is 9.47 Å². The van der Waals surface area contributed by atoms with Crippen molar-refractivity contribution in [3.63, 3.8) is 0 Å². The Hall–Kier alpha value is -1.32. The summed E-state index contributed by atoms with van der Waals surface area (Å²) < 4.78 is 38.7. The van der Waals surface area contributed by atoms with Crippen molar-refractivity contribution in [2.24, 2.45) is 11.8 Å². The standard InChI is InChI=1S/C19H28F2O2/c1-3-5-14-6-8-15(9-7-14)13-23-17-11-10-16(22-12-4-2)18(20)19(17)21/h10-11,14-15H,3-9,12-13H2,1-2H3. The van der Waals surface area contributed by atoms with E-state index in [1.165, 1.54) is 37.8 Å². The van der Waals surface area contributed by atoms with Crippen LogP contribution in [-0.2, 0) is 0 Å². The number of benzene rings is 1. The Morgan fingerprint density at radius 1 is 0.870 bits per heavy atom. The smallest absolute Gasteiger partial charge is 0.204 e. The molecule has 1 saturated carbocycles. The number of hydrogen-bond acceptors (Lipinski definition) is 2. The van der Waals surface area contributed by atoms with Gasteiger partial charge in [-0.05, 0) is 43.2 Å². The third-order valence-corrected chi connectivity index (χ3v) is 4.61. The molecule has 1 aliphatic rings. The second kappa shape index (κ2) is 9.09. The average molecular weight is 326 g/mol. The van der Waals surface area contributed by atoms with Gasteiger partial charge in [-0.25, -0.2) is 0 Å². The molecule has 1 fully saturated rings. The number of hydrogen-bond donors (Lipinski definition) is 0. The van der Waals surface area contributed by atoms with Crippen molar-refractivity contribution >= 4 is 0 Å². The summed E-state index contributed by atoms with van der Waals surface area (Å²) in [6.45, 7) is 4.98. The highest BCUT2D eigenvalue weighted by molar-refractivity contribution is 5.35. The third kappa shape index (κ3) is 5.08. The number of rotatable bonds is 8.